The van der Waals surface area contributed by atoms with E-state index in [1.54, 1.807) is 26.0 Å². The second-order valence-corrected chi connectivity index (χ2v) is 5.50. The van der Waals surface area contributed by atoms with Gasteiger partial charge in [-0.2, -0.15) is 0 Å². The number of anilines is 1. The van der Waals surface area contributed by atoms with Crippen LogP contribution in [-0.2, 0) is 6.54 Å². The number of rotatable bonds is 4. The molecule has 1 aromatic heterocycles. The van der Waals surface area contributed by atoms with Crippen molar-refractivity contribution >= 4 is 28.1 Å². The first kappa shape index (κ1) is 14.9. The minimum atomic E-state index is -0.436. The summed E-state index contributed by atoms with van der Waals surface area (Å²) in [5.41, 5.74) is 7.42. The molecule has 0 atom stereocenters. The fourth-order valence-electron chi connectivity index (χ4n) is 1.94. The Bertz CT molecular complexity index is 711. The Labute approximate surface area is 125 Å². The van der Waals surface area contributed by atoms with E-state index >= 15 is 0 Å². The smallest absolute Gasteiger partial charge is 0.272 e. The number of nitro benzene ring substituents is 1. The molecular weight excluding hydrogens is 292 g/mol. The minimum Gasteiger partial charge on any atom is -0.375 e. The van der Waals surface area contributed by atoms with E-state index in [9.17, 15) is 14.9 Å². The van der Waals surface area contributed by atoms with Crippen molar-refractivity contribution in [2.75, 3.05) is 5.73 Å². The van der Waals surface area contributed by atoms with Gasteiger partial charge in [-0.1, -0.05) is 23.5 Å². The summed E-state index contributed by atoms with van der Waals surface area (Å²) in [4.78, 5) is 26.9. The summed E-state index contributed by atoms with van der Waals surface area (Å²) in [6.07, 6.45) is 0. The zero-order chi connectivity index (χ0) is 15.6. The molecule has 0 saturated heterocycles. The molecule has 1 aromatic carbocycles. The predicted octanol–water partition coefficient (Wildman–Crippen LogP) is 2.18. The quantitative estimate of drug-likeness (QED) is 0.664. The maximum absolute atomic E-state index is 12.1. The largest absolute Gasteiger partial charge is 0.375 e. The van der Waals surface area contributed by atoms with Crippen molar-refractivity contribution in [1.82, 2.24) is 10.3 Å². The molecule has 3 N–H and O–H groups in total. The summed E-state index contributed by atoms with van der Waals surface area (Å²) in [7, 11) is 0. The monoisotopic (exact) mass is 306 g/mol. The van der Waals surface area contributed by atoms with Gasteiger partial charge in [0.15, 0.2) is 5.13 Å². The number of nitro groups is 1. The summed E-state index contributed by atoms with van der Waals surface area (Å²) >= 11 is 1.12. The Kier molecular flexibility index (Phi) is 4.18. The molecule has 110 valence electrons. The van der Waals surface area contributed by atoms with E-state index in [1.165, 1.54) is 6.07 Å². The number of nitrogens with one attached hydrogen (secondary N) is 1. The van der Waals surface area contributed by atoms with Crippen LogP contribution in [-0.4, -0.2) is 15.8 Å². The minimum absolute atomic E-state index is 0.0416. The number of carbonyl (C=O) groups is 1. The number of nitrogens with two attached hydrogens (primary N) is 1. The van der Waals surface area contributed by atoms with Crippen LogP contribution in [0.4, 0.5) is 10.8 Å². The molecule has 8 heteroatoms. The number of thiazole rings is 1. The van der Waals surface area contributed by atoms with E-state index in [1.807, 2.05) is 0 Å². The molecule has 2 aromatic rings. The van der Waals surface area contributed by atoms with Crippen LogP contribution in [0.2, 0.25) is 0 Å². The number of hydrogen-bond donors (Lipinski definition) is 2. The molecule has 0 aliphatic rings. The molecular formula is C13H14N4O3S. The Morgan fingerprint density at radius 3 is 2.76 bits per heavy atom. The Balaban J connectivity index is 2.13. The van der Waals surface area contributed by atoms with E-state index in [0.29, 0.717) is 26.8 Å². The van der Waals surface area contributed by atoms with Crippen molar-refractivity contribution in [3.8, 4) is 0 Å². The van der Waals surface area contributed by atoms with Gasteiger partial charge in [-0.3, -0.25) is 14.9 Å². The van der Waals surface area contributed by atoms with Crippen molar-refractivity contribution in [3.05, 3.63) is 50.0 Å². The molecule has 0 radical (unpaired) electrons. The lowest BCUT2D eigenvalue weighted by Gasteiger charge is -2.07. The fraction of sp³-hybridized carbons (Fsp3) is 0.231. The lowest BCUT2D eigenvalue weighted by atomic mass is 10.1. The number of amides is 1. The Morgan fingerprint density at radius 1 is 1.48 bits per heavy atom. The molecule has 0 bridgehead atoms. The first-order valence-corrected chi connectivity index (χ1v) is 6.95. The Morgan fingerprint density at radius 2 is 2.19 bits per heavy atom. The van der Waals surface area contributed by atoms with Crippen molar-refractivity contribution in [1.29, 1.82) is 0 Å². The highest BCUT2D eigenvalue weighted by atomic mass is 32.1. The van der Waals surface area contributed by atoms with Crippen LogP contribution < -0.4 is 11.1 Å². The van der Waals surface area contributed by atoms with Crippen LogP contribution in [0.1, 0.15) is 26.5 Å². The van der Waals surface area contributed by atoms with Crippen LogP contribution in [0.15, 0.2) is 18.2 Å². The number of benzene rings is 1. The van der Waals surface area contributed by atoms with Crippen molar-refractivity contribution in [2.45, 2.75) is 20.4 Å². The van der Waals surface area contributed by atoms with Gasteiger partial charge in [-0.25, -0.2) is 4.98 Å². The average molecular weight is 306 g/mol. The van der Waals surface area contributed by atoms with Crippen LogP contribution in [0.25, 0.3) is 0 Å². The SMILES string of the molecule is Cc1nc(N)sc1C(=O)NCc1cccc([N+](=O)[O-])c1C. The van der Waals surface area contributed by atoms with Gasteiger partial charge in [-0.05, 0) is 19.4 Å². The number of nitrogens with zero attached hydrogens (tertiary/aromatic N) is 2. The number of aromatic nitrogens is 1. The fourth-order valence-corrected chi connectivity index (χ4v) is 2.69. The van der Waals surface area contributed by atoms with Gasteiger partial charge in [0, 0.05) is 18.2 Å². The maximum Gasteiger partial charge on any atom is 0.272 e. The summed E-state index contributed by atoms with van der Waals surface area (Å²) < 4.78 is 0. The third-order valence-electron chi connectivity index (χ3n) is 3.07. The van der Waals surface area contributed by atoms with E-state index in [-0.39, 0.29) is 18.1 Å². The molecule has 0 unspecified atom stereocenters. The second kappa shape index (κ2) is 5.88. The lowest BCUT2D eigenvalue weighted by Crippen LogP contribution is -2.23. The summed E-state index contributed by atoms with van der Waals surface area (Å²) in [5.74, 6) is -0.285. The highest BCUT2D eigenvalue weighted by Gasteiger charge is 2.16. The molecule has 1 amide bonds. The van der Waals surface area contributed by atoms with Gasteiger partial charge in [-0.15, -0.1) is 0 Å². The zero-order valence-electron chi connectivity index (χ0n) is 11.5. The normalized spacial score (nSPS) is 10.4. The first-order chi connectivity index (χ1) is 9.90. The van der Waals surface area contributed by atoms with Crippen LogP contribution in [0.5, 0.6) is 0 Å². The molecule has 2 rings (SSSR count). The summed E-state index contributed by atoms with van der Waals surface area (Å²) in [5, 5.41) is 13.9. The van der Waals surface area contributed by atoms with Gasteiger partial charge in [0.05, 0.1) is 10.6 Å². The van der Waals surface area contributed by atoms with E-state index in [4.69, 9.17) is 5.73 Å². The molecule has 1 heterocycles. The average Bonchev–Trinajstić information content (AvgIpc) is 2.76. The second-order valence-electron chi connectivity index (χ2n) is 4.47. The van der Waals surface area contributed by atoms with Gasteiger partial charge < -0.3 is 11.1 Å². The van der Waals surface area contributed by atoms with Gasteiger partial charge in [0.2, 0.25) is 0 Å². The van der Waals surface area contributed by atoms with Crippen molar-refractivity contribution < 1.29 is 9.72 Å². The van der Waals surface area contributed by atoms with Gasteiger partial charge in [0.1, 0.15) is 4.88 Å². The molecule has 21 heavy (non-hydrogen) atoms. The topological polar surface area (TPSA) is 111 Å². The van der Waals surface area contributed by atoms with Gasteiger partial charge in [0.25, 0.3) is 11.6 Å². The van der Waals surface area contributed by atoms with Crippen molar-refractivity contribution in [3.63, 3.8) is 0 Å². The summed E-state index contributed by atoms with van der Waals surface area (Å²) in [6, 6.07) is 4.79. The predicted molar refractivity (Wildman–Crippen MR) is 80.3 cm³/mol. The number of hydrogen-bond acceptors (Lipinski definition) is 6. The first-order valence-electron chi connectivity index (χ1n) is 6.14. The third kappa shape index (κ3) is 3.16. The van der Waals surface area contributed by atoms with E-state index < -0.39 is 4.92 Å². The number of aryl methyl sites for hydroxylation is 1. The van der Waals surface area contributed by atoms with Crippen LogP contribution in [0.3, 0.4) is 0 Å². The van der Waals surface area contributed by atoms with Crippen LogP contribution in [0, 0.1) is 24.0 Å². The molecule has 0 aliphatic carbocycles. The zero-order valence-corrected chi connectivity index (χ0v) is 12.4. The van der Waals surface area contributed by atoms with E-state index in [2.05, 4.69) is 10.3 Å². The summed E-state index contributed by atoms with van der Waals surface area (Å²) in [6.45, 7) is 3.58. The van der Waals surface area contributed by atoms with Gasteiger partial charge >= 0.3 is 0 Å². The molecule has 0 spiro atoms. The van der Waals surface area contributed by atoms with E-state index in [0.717, 1.165) is 11.3 Å². The number of nitrogen functional groups attached to an aromatic ring is 1. The highest BCUT2D eigenvalue weighted by Crippen LogP contribution is 2.22. The number of carbonyl (C=O) groups excluding carboxylic acids is 1. The Hall–Kier alpha value is -2.48. The van der Waals surface area contributed by atoms with Crippen molar-refractivity contribution in [2.24, 2.45) is 0 Å². The highest BCUT2D eigenvalue weighted by molar-refractivity contribution is 7.17. The lowest BCUT2D eigenvalue weighted by molar-refractivity contribution is -0.385. The maximum atomic E-state index is 12.1. The van der Waals surface area contributed by atoms with Crippen LogP contribution >= 0.6 is 11.3 Å². The molecule has 0 saturated carbocycles. The molecule has 0 aliphatic heterocycles. The third-order valence-corrected chi connectivity index (χ3v) is 4.06. The standard InChI is InChI=1S/C13H14N4O3S/c1-7-9(4-3-5-10(7)17(19)20)6-15-12(18)11-8(2)16-13(14)21-11/h3-5H,6H2,1-2H3,(H2,14,16)(H,15,18). The molecule has 0 fully saturated rings. The molecule has 7 nitrogen and oxygen atoms in total.